The molecular weight excluding hydrogens is 492 g/mol. The quantitative estimate of drug-likeness (QED) is 0.251. The lowest BCUT2D eigenvalue weighted by Crippen LogP contribution is -2.19. The van der Waals surface area contributed by atoms with Crippen molar-refractivity contribution in [1.29, 1.82) is 0 Å². The van der Waals surface area contributed by atoms with Crippen molar-refractivity contribution in [3.05, 3.63) is 59.2 Å². The Morgan fingerprint density at radius 3 is 1.84 bits per heavy atom. The minimum atomic E-state index is -2.03. The predicted molar refractivity (Wildman–Crippen MR) is 142 cm³/mol. The van der Waals surface area contributed by atoms with Crippen molar-refractivity contribution < 1.29 is 27.0 Å². The first-order chi connectivity index (χ1) is 18.4. The van der Waals surface area contributed by atoms with Crippen LogP contribution in [0.25, 0.3) is 0 Å². The number of ether oxygens (including phenoxy) is 2. The zero-order valence-corrected chi connectivity index (χ0v) is 22.3. The Kier molecular flexibility index (Phi) is 9.99. The fourth-order valence-electron chi connectivity index (χ4n) is 5.52. The molecule has 0 N–H and O–H groups in total. The molecule has 0 aliphatic heterocycles. The summed E-state index contributed by atoms with van der Waals surface area (Å²) in [6, 6.07) is 9.31. The smallest absolute Gasteiger partial charge is 0.204 e. The SMILES string of the molecule is CCOc1ccc(OCC(F)C(F)c2ccc(C3CCC(C#CC4CCC(C)CC4)CC3)cc2)c(F)c1F. The fraction of sp³-hybridized carbons (Fsp3) is 0.562. The van der Waals surface area contributed by atoms with Crippen molar-refractivity contribution in [2.45, 2.75) is 83.5 Å². The van der Waals surface area contributed by atoms with Gasteiger partial charge in [-0.15, -0.1) is 0 Å². The van der Waals surface area contributed by atoms with Crippen molar-refractivity contribution >= 4 is 0 Å². The molecule has 0 aromatic heterocycles. The van der Waals surface area contributed by atoms with Gasteiger partial charge in [0.15, 0.2) is 23.8 Å². The third kappa shape index (κ3) is 7.24. The second-order valence-corrected chi connectivity index (χ2v) is 10.8. The summed E-state index contributed by atoms with van der Waals surface area (Å²) in [6.07, 6.45) is 5.31. The highest BCUT2D eigenvalue weighted by molar-refractivity contribution is 5.35. The van der Waals surface area contributed by atoms with E-state index in [1.165, 1.54) is 31.7 Å². The van der Waals surface area contributed by atoms with Crippen LogP contribution in [0.4, 0.5) is 17.6 Å². The maximum absolute atomic E-state index is 14.8. The second-order valence-electron chi connectivity index (χ2n) is 10.8. The summed E-state index contributed by atoms with van der Waals surface area (Å²) in [5, 5.41) is 0. The van der Waals surface area contributed by atoms with Crippen molar-refractivity contribution in [2.75, 3.05) is 13.2 Å². The molecule has 0 spiro atoms. The van der Waals surface area contributed by atoms with Crippen molar-refractivity contribution in [3.8, 4) is 23.3 Å². The largest absolute Gasteiger partial charge is 0.491 e. The van der Waals surface area contributed by atoms with Crippen LogP contribution in [-0.2, 0) is 0 Å². The zero-order chi connectivity index (χ0) is 27.1. The van der Waals surface area contributed by atoms with E-state index >= 15 is 0 Å². The minimum absolute atomic E-state index is 0.168. The third-order valence-corrected chi connectivity index (χ3v) is 7.99. The molecule has 2 aromatic rings. The molecule has 2 aliphatic carbocycles. The topological polar surface area (TPSA) is 18.5 Å². The molecule has 2 nitrogen and oxygen atoms in total. The molecule has 2 unspecified atom stereocenters. The number of hydrogen-bond donors (Lipinski definition) is 0. The van der Waals surface area contributed by atoms with E-state index in [-0.39, 0.29) is 17.9 Å². The highest BCUT2D eigenvalue weighted by Gasteiger charge is 2.26. The van der Waals surface area contributed by atoms with E-state index in [9.17, 15) is 17.6 Å². The van der Waals surface area contributed by atoms with Gasteiger partial charge in [-0.1, -0.05) is 43.0 Å². The van der Waals surface area contributed by atoms with Gasteiger partial charge in [-0.3, -0.25) is 0 Å². The van der Waals surface area contributed by atoms with Crippen LogP contribution in [0.2, 0.25) is 0 Å². The molecule has 2 fully saturated rings. The van der Waals surface area contributed by atoms with E-state index in [1.54, 1.807) is 19.1 Å². The normalized spacial score (nSPS) is 25.1. The summed E-state index contributed by atoms with van der Waals surface area (Å²) >= 11 is 0. The molecule has 4 rings (SSSR count). The van der Waals surface area contributed by atoms with Crippen LogP contribution in [0.15, 0.2) is 36.4 Å². The van der Waals surface area contributed by atoms with E-state index < -0.39 is 36.3 Å². The summed E-state index contributed by atoms with van der Waals surface area (Å²) in [4.78, 5) is 0. The van der Waals surface area contributed by atoms with Gasteiger partial charge in [0.1, 0.15) is 6.61 Å². The summed E-state index contributed by atoms with van der Waals surface area (Å²) in [5.41, 5.74) is 1.33. The average molecular weight is 531 g/mol. The standard InChI is InChI=1S/C32H38F4O2/c1-3-37-28-18-19-29(32(36)31(28)35)38-20-27(33)30(34)26-16-14-25(15-17-26)24-12-10-23(11-13-24)9-8-22-6-4-21(2)5-7-22/h14-19,21-24,27,30H,3-7,10-13,20H2,1-2H3. The summed E-state index contributed by atoms with van der Waals surface area (Å²) in [5.74, 6) is 6.12. The van der Waals surface area contributed by atoms with Gasteiger partial charge in [0, 0.05) is 11.8 Å². The van der Waals surface area contributed by atoms with Gasteiger partial charge < -0.3 is 9.47 Å². The van der Waals surface area contributed by atoms with Crippen LogP contribution in [0.1, 0.15) is 88.4 Å². The van der Waals surface area contributed by atoms with Crippen molar-refractivity contribution in [2.24, 2.45) is 17.8 Å². The van der Waals surface area contributed by atoms with Gasteiger partial charge in [-0.05, 0) is 93.4 Å². The highest BCUT2D eigenvalue weighted by atomic mass is 19.2. The maximum Gasteiger partial charge on any atom is 0.204 e. The first kappa shape index (κ1) is 28.3. The Balaban J connectivity index is 1.25. The van der Waals surface area contributed by atoms with E-state index in [0.29, 0.717) is 17.8 Å². The van der Waals surface area contributed by atoms with Gasteiger partial charge in [0.05, 0.1) is 6.61 Å². The van der Waals surface area contributed by atoms with Crippen LogP contribution in [-0.4, -0.2) is 19.4 Å². The van der Waals surface area contributed by atoms with Crippen LogP contribution in [0, 0.1) is 41.2 Å². The molecule has 6 heteroatoms. The second kappa shape index (κ2) is 13.4. The number of rotatable bonds is 8. The van der Waals surface area contributed by atoms with Crippen molar-refractivity contribution in [3.63, 3.8) is 0 Å². The fourth-order valence-corrected chi connectivity index (χ4v) is 5.52. The zero-order valence-electron chi connectivity index (χ0n) is 22.3. The molecule has 0 heterocycles. The highest BCUT2D eigenvalue weighted by Crippen LogP contribution is 2.37. The molecule has 38 heavy (non-hydrogen) atoms. The predicted octanol–water partition coefficient (Wildman–Crippen LogP) is 8.89. The van der Waals surface area contributed by atoms with Gasteiger partial charge >= 0.3 is 0 Å². The molecule has 206 valence electrons. The van der Waals surface area contributed by atoms with E-state index in [2.05, 4.69) is 18.8 Å². The average Bonchev–Trinajstić information content (AvgIpc) is 2.95. The third-order valence-electron chi connectivity index (χ3n) is 7.99. The number of benzene rings is 2. The Hall–Kier alpha value is -2.68. The van der Waals surface area contributed by atoms with Crippen LogP contribution < -0.4 is 9.47 Å². The van der Waals surface area contributed by atoms with E-state index in [0.717, 1.165) is 43.2 Å². The van der Waals surface area contributed by atoms with Gasteiger partial charge in [0.25, 0.3) is 0 Å². The summed E-state index contributed by atoms with van der Waals surface area (Å²) < 4.78 is 67.5. The van der Waals surface area contributed by atoms with Crippen molar-refractivity contribution in [1.82, 2.24) is 0 Å². The Morgan fingerprint density at radius 2 is 1.29 bits per heavy atom. The molecule has 2 aromatic carbocycles. The Bertz CT molecular complexity index is 1090. The monoisotopic (exact) mass is 530 g/mol. The number of hydrogen-bond acceptors (Lipinski definition) is 2. The van der Waals surface area contributed by atoms with Gasteiger partial charge in [-0.25, -0.2) is 8.78 Å². The molecule has 0 saturated heterocycles. The molecule has 0 amide bonds. The lowest BCUT2D eigenvalue weighted by molar-refractivity contribution is 0.106. The van der Waals surface area contributed by atoms with Gasteiger partial charge in [0.2, 0.25) is 11.6 Å². The first-order valence-corrected chi connectivity index (χ1v) is 14.0. The van der Waals surface area contributed by atoms with Gasteiger partial charge in [-0.2, -0.15) is 8.78 Å². The Morgan fingerprint density at radius 1 is 0.763 bits per heavy atom. The number of halogens is 4. The van der Waals surface area contributed by atoms with Crippen LogP contribution in [0.3, 0.4) is 0 Å². The van der Waals surface area contributed by atoms with Crippen LogP contribution >= 0.6 is 0 Å². The minimum Gasteiger partial charge on any atom is -0.491 e. The number of alkyl halides is 2. The lowest BCUT2D eigenvalue weighted by Gasteiger charge is -2.27. The molecule has 2 atom stereocenters. The molecule has 0 bridgehead atoms. The lowest BCUT2D eigenvalue weighted by atomic mass is 9.78. The Labute approximate surface area is 224 Å². The summed E-state index contributed by atoms with van der Waals surface area (Å²) in [6.45, 7) is 3.40. The van der Waals surface area contributed by atoms with E-state index in [1.807, 2.05) is 12.1 Å². The molecule has 0 radical (unpaired) electrons. The van der Waals surface area contributed by atoms with E-state index in [4.69, 9.17) is 9.47 Å². The molecule has 2 saturated carbocycles. The van der Waals surface area contributed by atoms with Crippen LogP contribution in [0.5, 0.6) is 11.5 Å². The molecular formula is C32H38F4O2. The molecule has 2 aliphatic rings. The summed E-state index contributed by atoms with van der Waals surface area (Å²) in [7, 11) is 0. The maximum atomic E-state index is 14.8. The first-order valence-electron chi connectivity index (χ1n) is 14.0.